The lowest BCUT2D eigenvalue weighted by atomic mass is 10.1. The van der Waals surface area contributed by atoms with Crippen molar-refractivity contribution in [3.63, 3.8) is 0 Å². The highest BCUT2D eigenvalue weighted by Crippen LogP contribution is 2.16. The molecule has 0 spiro atoms. The number of aromatic nitrogens is 1. The fourth-order valence-corrected chi connectivity index (χ4v) is 1.56. The molecule has 0 radical (unpaired) electrons. The molecule has 0 amide bonds. The Balaban J connectivity index is 2.24. The lowest BCUT2D eigenvalue weighted by molar-refractivity contribution is 0.918. The molecular formula is C14H16N2. The average Bonchev–Trinajstić information content (AvgIpc) is 2.66. The first kappa shape index (κ1) is 10.7. The van der Waals surface area contributed by atoms with Gasteiger partial charge in [0.25, 0.3) is 0 Å². The van der Waals surface area contributed by atoms with E-state index >= 15 is 0 Å². The van der Waals surface area contributed by atoms with E-state index in [1.807, 2.05) is 42.2 Å². The van der Waals surface area contributed by atoms with Crippen LogP contribution < -0.4 is 0 Å². The van der Waals surface area contributed by atoms with Crippen LogP contribution in [0.15, 0.2) is 41.5 Å². The lowest BCUT2D eigenvalue weighted by Gasteiger charge is -2.00. The van der Waals surface area contributed by atoms with E-state index < -0.39 is 0 Å². The van der Waals surface area contributed by atoms with Gasteiger partial charge in [0.05, 0.1) is 17.6 Å². The molecular weight excluding hydrogens is 196 g/mol. The van der Waals surface area contributed by atoms with Crippen molar-refractivity contribution in [1.29, 1.82) is 0 Å². The van der Waals surface area contributed by atoms with Crippen LogP contribution in [0.1, 0.15) is 16.8 Å². The van der Waals surface area contributed by atoms with Crippen LogP contribution in [0.25, 0.3) is 0 Å². The minimum absolute atomic E-state index is 1.00. The maximum absolute atomic E-state index is 4.47. The largest absolute Gasteiger partial charge is 0.350 e. The standard InChI is InChI=1S/C14H16N2/c1-11-6-7-13(9-12(11)2)15-10-14-5-4-8-16(14)3/h4-10H,1-3H3. The summed E-state index contributed by atoms with van der Waals surface area (Å²) < 4.78 is 2.05. The van der Waals surface area contributed by atoms with Crippen LogP contribution in [0.4, 0.5) is 5.69 Å². The van der Waals surface area contributed by atoms with Crippen molar-refractivity contribution in [2.75, 3.05) is 0 Å². The van der Waals surface area contributed by atoms with Crippen molar-refractivity contribution in [2.45, 2.75) is 13.8 Å². The highest BCUT2D eigenvalue weighted by molar-refractivity contribution is 5.80. The second-order valence-corrected chi connectivity index (χ2v) is 4.07. The summed E-state index contributed by atoms with van der Waals surface area (Å²) in [6, 6.07) is 10.3. The molecule has 0 bridgehead atoms. The first-order chi connectivity index (χ1) is 7.66. The van der Waals surface area contributed by atoms with Crippen LogP contribution in [0.2, 0.25) is 0 Å². The van der Waals surface area contributed by atoms with E-state index in [4.69, 9.17) is 0 Å². The number of nitrogens with zero attached hydrogens (tertiary/aromatic N) is 2. The monoisotopic (exact) mass is 212 g/mol. The summed E-state index contributed by atoms with van der Waals surface area (Å²) in [6.45, 7) is 4.22. The van der Waals surface area contributed by atoms with Gasteiger partial charge in [-0.25, -0.2) is 0 Å². The van der Waals surface area contributed by atoms with Gasteiger partial charge < -0.3 is 4.57 Å². The summed E-state index contributed by atoms with van der Waals surface area (Å²) in [4.78, 5) is 4.47. The van der Waals surface area contributed by atoms with Crippen molar-refractivity contribution < 1.29 is 0 Å². The van der Waals surface area contributed by atoms with Crippen molar-refractivity contribution in [3.8, 4) is 0 Å². The molecule has 0 atom stereocenters. The minimum atomic E-state index is 1.00. The third kappa shape index (κ3) is 2.22. The zero-order chi connectivity index (χ0) is 11.5. The van der Waals surface area contributed by atoms with E-state index in [-0.39, 0.29) is 0 Å². The minimum Gasteiger partial charge on any atom is -0.350 e. The zero-order valence-corrected chi connectivity index (χ0v) is 9.94. The molecule has 0 saturated carbocycles. The third-order valence-corrected chi connectivity index (χ3v) is 2.82. The van der Waals surface area contributed by atoms with Gasteiger partial charge >= 0.3 is 0 Å². The molecule has 0 unspecified atom stereocenters. The van der Waals surface area contributed by atoms with Gasteiger partial charge in [0.2, 0.25) is 0 Å². The smallest absolute Gasteiger partial charge is 0.0633 e. The van der Waals surface area contributed by atoms with Crippen LogP contribution in [-0.4, -0.2) is 10.8 Å². The molecule has 82 valence electrons. The van der Waals surface area contributed by atoms with Gasteiger partial charge in [0.15, 0.2) is 0 Å². The van der Waals surface area contributed by atoms with Crippen LogP contribution >= 0.6 is 0 Å². The van der Waals surface area contributed by atoms with Gasteiger partial charge in [-0.05, 0) is 49.2 Å². The van der Waals surface area contributed by atoms with Crippen LogP contribution in [-0.2, 0) is 7.05 Å². The molecule has 0 saturated heterocycles. The number of hydrogen-bond donors (Lipinski definition) is 0. The Kier molecular flexibility index (Phi) is 2.91. The van der Waals surface area contributed by atoms with Crippen molar-refractivity contribution >= 4 is 11.9 Å². The second kappa shape index (κ2) is 4.35. The van der Waals surface area contributed by atoms with Crippen molar-refractivity contribution in [2.24, 2.45) is 12.0 Å². The van der Waals surface area contributed by atoms with Gasteiger partial charge in [0.1, 0.15) is 0 Å². The predicted octanol–water partition coefficient (Wildman–Crippen LogP) is 3.39. The van der Waals surface area contributed by atoms with Crippen LogP contribution in [0, 0.1) is 13.8 Å². The second-order valence-electron chi connectivity index (χ2n) is 4.07. The Morgan fingerprint density at radius 2 is 1.94 bits per heavy atom. The topological polar surface area (TPSA) is 17.3 Å². The maximum Gasteiger partial charge on any atom is 0.0633 e. The highest BCUT2D eigenvalue weighted by atomic mass is 14.9. The Labute approximate surface area is 96.3 Å². The molecule has 2 rings (SSSR count). The van der Waals surface area contributed by atoms with Crippen LogP contribution in [0.5, 0.6) is 0 Å². The molecule has 0 aliphatic rings. The molecule has 0 aliphatic heterocycles. The average molecular weight is 212 g/mol. The first-order valence-corrected chi connectivity index (χ1v) is 5.39. The van der Waals surface area contributed by atoms with Gasteiger partial charge in [-0.3, -0.25) is 4.99 Å². The van der Waals surface area contributed by atoms with E-state index in [0.717, 1.165) is 11.4 Å². The van der Waals surface area contributed by atoms with E-state index in [1.54, 1.807) is 0 Å². The third-order valence-electron chi connectivity index (χ3n) is 2.82. The van der Waals surface area contributed by atoms with E-state index in [0.29, 0.717) is 0 Å². The molecule has 1 aromatic heterocycles. The van der Waals surface area contributed by atoms with Gasteiger partial charge in [-0.15, -0.1) is 0 Å². The summed E-state index contributed by atoms with van der Waals surface area (Å²) in [5.74, 6) is 0. The van der Waals surface area contributed by atoms with Crippen molar-refractivity contribution in [3.05, 3.63) is 53.3 Å². The molecule has 16 heavy (non-hydrogen) atoms. The van der Waals surface area contributed by atoms with E-state index in [1.165, 1.54) is 11.1 Å². The number of benzene rings is 1. The lowest BCUT2D eigenvalue weighted by Crippen LogP contribution is -1.91. The van der Waals surface area contributed by atoms with E-state index in [2.05, 4.69) is 31.0 Å². The zero-order valence-electron chi connectivity index (χ0n) is 9.94. The molecule has 2 nitrogen and oxygen atoms in total. The van der Waals surface area contributed by atoms with Crippen molar-refractivity contribution in [1.82, 2.24) is 4.57 Å². The SMILES string of the molecule is Cc1ccc(N=Cc2cccn2C)cc1C. The fraction of sp³-hybridized carbons (Fsp3) is 0.214. The Hall–Kier alpha value is -1.83. The van der Waals surface area contributed by atoms with Gasteiger partial charge in [0, 0.05) is 13.2 Å². The summed E-state index contributed by atoms with van der Waals surface area (Å²) in [6.07, 6.45) is 3.91. The summed E-state index contributed by atoms with van der Waals surface area (Å²) in [7, 11) is 2.02. The van der Waals surface area contributed by atoms with Gasteiger partial charge in [-0.2, -0.15) is 0 Å². The Bertz CT molecular complexity index is 521. The molecule has 1 aromatic carbocycles. The number of hydrogen-bond acceptors (Lipinski definition) is 1. The Morgan fingerprint density at radius 1 is 1.12 bits per heavy atom. The molecule has 0 aliphatic carbocycles. The fourth-order valence-electron chi connectivity index (χ4n) is 1.56. The molecule has 2 aromatic rings. The number of rotatable bonds is 2. The summed E-state index contributed by atoms with van der Waals surface area (Å²) in [5.41, 5.74) is 4.70. The highest BCUT2D eigenvalue weighted by Gasteiger charge is 1.95. The Morgan fingerprint density at radius 3 is 2.56 bits per heavy atom. The first-order valence-electron chi connectivity index (χ1n) is 5.39. The summed E-state index contributed by atoms with van der Waals surface area (Å²) >= 11 is 0. The molecule has 0 N–H and O–H groups in total. The maximum atomic E-state index is 4.47. The number of aliphatic imine (C=N–C) groups is 1. The summed E-state index contributed by atoms with van der Waals surface area (Å²) in [5, 5.41) is 0. The van der Waals surface area contributed by atoms with Crippen LogP contribution in [0.3, 0.4) is 0 Å². The van der Waals surface area contributed by atoms with E-state index in [9.17, 15) is 0 Å². The molecule has 1 heterocycles. The quantitative estimate of drug-likeness (QED) is 0.679. The van der Waals surface area contributed by atoms with Gasteiger partial charge in [-0.1, -0.05) is 6.07 Å². The molecule has 0 fully saturated rings. The molecule has 2 heteroatoms. The normalized spacial score (nSPS) is 11.2. The predicted molar refractivity (Wildman–Crippen MR) is 68.6 cm³/mol. The number of aryl methyl sites for hydroxylation is 3.